The Hall–Kier alpha value is -4.53. The molecule has 0 saturated carbocycles. The average molecular weight is 564 g/mol. The van der Waals surface area contributed by atoms with Gasteiger partial charge < -0.3 is 11.1 Å². The number of carbonyl (C=O) groups is 2. The van der Waals surface area contributed by atoms with Gasteiger partial charge in [0.1, 0.15) is 21.2 Å². The molecule has 5 rings (SSSR count). The van der Waals surface area contributed by atoms with Gasteiger partial charge >= 0.3 is 6.18 Å². The number of fused-ring (bicyclic) bond motifs is 2. The van der Waals surface area contributed by atoms with E-state index in [0.29, 0.717) is 21.9 Å². The summed E-state index contributed by atoms with van der Waals surface area (Å²) in [5, 5.41) is 6.34. The van der Waals surface area contributed by atoms with Gasteiger partial charge in [-0.15, -0.1) is 11.3 Å². The van der Waals surface area contributed by atoms with E-state index in [9.17, 15) is 35.9 Å². The second-order valence-electron chi connectivity index (χ2n) is 8.30. The second kappa shape index (κ2) is 9.34. The zero-order valence-electron chi connectivity index (χ0n) is 19.5. The maximum absolute atomic E-state index is 13.9. The van der Waals surface area contributed by atoms with Crippen molar-refractivity contribution in [3.8, 4) is 11.3 Å². The van der Waals surface area contributed by atoms with E-state index >= 15 is 0 Å². The van der Waals surface area contributed by atoms with Crippen LogP contribution in [-0.2, 0) is 6.18 Å². The topological polar surface area (TPSA) is 115 Å². The molecule has 2 amide bonds. The maximum atomic E-state index is 13.9. The van der Waals surface area contributed by atoms with Crippen LogP contribution in [0.1, 0.15) is 43.5 Å². The number of amides is 2. The van der Waals surface area contributed by atoms with Gasteiger partial charge in [0.05, 0.1) is 11.4 Å². The predicted octanol–water partition coefficient (Wildman–Crippen LogP) is 5.76. The van der Waals surface area contributed by atoms with Gasteiger partial charge in [0.2, 0.25) is 0 Å². The summed E-state index contributed by atoms with van der Waals surface area (Å²) in [7, 11) is 0. The minimum absolute atomic E-state index is 0.00867. The number of carbonyl (C=O) groups excluding carboxylic acids is 2. The fraction of sp³-hybridized carbons (Fsp3) is 0.125. The number of anilines is 1. The van der Waals surface area contributed by atoms with Crippen LogP contribution in [-0.4, -0.2) is 31.4 Å². The first kappa shape index (κ1) is 26.1. The molecule has 0 aliphatic heterocycles. The summed E-state index contributed by atoms with van der Waals surface area (Å²) in [6.45, 7) is 1.46. The largest absolute Gasteiger partial charge is 0.433 e. The van der Waals surface area contributed by atoms with Crippen molar-refractivity contribution >= 4 is 44.7 Å². The number of hydrogen-bond acceptors (Lipinski definition) is 6. The zero-order chi connectivity index (χ0) is 28.2. The van der Waals surface area contributed by atoms with E-state index in [1.54, 1.807) is 0 Å². The molecule has 39 heavy (non-hydrogen) atoms. The monoisotopic (exact) mass is 564 g/mol. The predicted molar refractivity (Wildman–Crippen MR) is 129 cm³/mol. The molecule has 0 bridgehead atoms. The molecule has 0 aliphatic carbocycles. The summed E-state index contributed by atoms with van der Waals surface area (Å²) in [6, 6.07) is 7.42. The van der Waals surface area contributed by atoms with Crippen LogP contribution in [0.5, 0.6) is 0 Å². The smallest absolute Gasteiger partial charge is 0.365 e. The molecular formula is C24H14F6N6O2S. The van der Waals surface area contributed by atoms with Crippen LogP contribution in [0.25, 0.3) is 27.1 Å². The number of nitrogens with two attached hydrogens (primary N) is 1. The van der Waals surface area contributed by atoms with Crippen LogP contribution in [0.3, 0.4) is 0 Å². The molecule has 5 aromatic rings. The van der Waals surface area contributed by atoms with Crippen LogP contribution in [0.2, 0.25) is 0 Å². The minimum Gasteiger partial charge on any atom is -0.365 e. The first-order valence-corrected chi connectivity index (χ1v) is 11.7. The Bertz CT molecular complexity index is 1780. The normalized spacial score (nSPS) is 12.0. The maximum Gasteiger partial charge on any atom is 0.433 e. The number of aromatic nitrogens is 4. The minimum atomic E-state index is -4.90. The number of rotatable bonds is 5. The fourth-order valence-corrected chi connectivity index (χ4v) is 5.01. The SMILES string of the molecule is Cc1cc(C(F)F)nc2sc(C(N)=O)c(NC(=O)c3cc4nc(-c5ccc(F)cc5)cc(C(F)(F)F)n4n3)c12. The van der Waals surface area contributed by atoms with Gasteiger partial charge in [-0.05, 0) is 48.9 Å². The molecular weight excluding hydrogens is 550 g/mol. The van der Waals surface area contributed by atoms with Crippen molar-refractivity contribution in [1.29, 1.82) is 0 Å². The molecule has 200 valence electrons. The standard InChI is InChI=1S/C24H14F6N6O2S/c1-9-6-13(20(26)27)33-23-17(9)18(19(39-23)21(31)37)34-22(38)14-8-16-32-12(10-2-4-11(25)5-3-10)7-15(24(28,29)30)36(16)35-14/h2-8,20H,1H3,(H2,31,37)(H,34,38). The first-order chi connectivity index (χ1) is 18.3. The number of nitrogens with one attached hydrogen (secondary N) is 1. The number of nitrogens with zero attached hydrogens (tertiary/aromatic N) is 4. The van der Waals surface area contributed by atoms with E-state index in [1.165, 1.54) is 19.1 Å². The third-order valence-electron chi connectivity index (χ3n) is 5.66. The molecule has 0 unspecified atom stereocenters. The van der Waals surface area contributed by atoms with Gasteiger partial charge in [-0.1, -0.05) is 0 Å². The second-order valence-corrected chi connectivity index (χ2v) is 9.30. The Balaban J connectivity index is 1.61. The lowest BCUT2D eigenvalue weighted by Crippen LogP contribution is -2.18. The van der Waals surface area contributed by atoms with Gasteiger partial charge in [0.15, 0.2) is 17.0 Å². The third kappa shape index (κ3) is 4.76. The molecule has 15 heteroatoms. The highest BCUT2D eigenvalue weighted by Gasteiger charge is 2.36. The van der Waals surface area contributed by atoms with Crippen molar-refractivity contribution in [1.82, 2.24) is 19.6 Å². The summed E-state index contributed by atoms with van der Waals surface area (Å²) >= 11 is 0.679. The number of thiophene rings is 1. The van der Waals surface area contributed by atoms with Crippen molar-refractivity contribution < 1.29 is 35.9 Å². The van der Waals surface area contributed by atoms with E-state index < -0.39 is 47.3 Å². The molecule has 4 aromatic heterocycles. The average Bonchev–Trinajstić information content (AvgIpc) is 3.45. The molecule has 3 N–H and O–H groups in total. The number of halogens is 6. The van der Waals surface area contributed by atoms with E-state index in [4.69, 9.17) is 5.73 Å². The van der Waals surface area contributed by atoms with Crippen molar-refractivity contribution in [3.63, 3.8) is 0 Å². The lowest BCUT2D eigenvalue weighted by atomic mass is 10.1. The molecule has 0 fully saturated rings. The van der Waals surface area contributed by atoms with Gasteiger partial charge in [0, 0.05) is 17.0 Å². The summed E-state index contributed by atoms with van der Waals surface area (Å²) < 4.78 is 81.8. The lowest BCUT2D eigenvalue weighted by Gasteiger charge is -2.11. The number of benzene rings is 1. The fourth-order valence-electron chi connectivity index (χ4n) is 3.95. The highest BCUT2D eigenvalue weighted by atomic mass is 32.1. The van der Waals surface area contributed by atoms with Crippen LogP contribution in [0.4, 0.5) is 32.0 Å². The van der Waals surface area contributed by atoms with E-state index in [-0.39, 0.29) is 43.2 Å². The van der Waals surface area contributed by atoms with E-state index in [0.717, 1.165) is 24.3 Å². The Kier molecular flexibility index (Phi) is 6.25. The van der Waals surface area contributed by atoms with Crippen LogP contribution in [0.15, 0.2) is 42.5 Å². The molecule has 0 saturated heterocycles. The molecule has 1 aromatic carbocycles. The van der Waals surface area contributed by atoms with E-state index in [1.807, 2.05) is 0 Å². The van der Waals surface area contributed by atoms with Crippen LogP contribution < -0.4 is 11.1 Å². The Labute approximate surface area is 218 Å². The summed E-state index contributed by atoms with van der Waals surface area (Å²) in [6.07, 6.45) is -7.79. The molecule has 8 nitrogen and oxygen atoms in total. The molecule has 0 radical (unpaired) electrons. The van der Waals surface area contributed by atoms with Gasteiger partial charge in [-0.2, -0.15) is 18.3 Å². The number of primary amides is 1. The first-order valence-electron chi connectivity index (χ1n) is 10.9. The van der Waals surface area contributed by atoms with E-state index in [2.05, 4.69) is 20.4 Å². The number of pyridine rings is 1. The van der Waals surface area contributed by atoms with Gasteiger partial charge in [-0.3, -0.25) is 9.59 Å². The summed E-state index contributed by atoms with van der Waals surface area (Å²) in [5.74, 6) is -2.59. The quantitative estimate of drug-likeness (QED) is 0.264. The molecule has 4 heterocycles. The van der Waals surface area contributed by atoms with Crippen LogP contribution in [0, 0.1) is 12.7 Å². The molecule has 0 aliphatic rings. The lowest BCUT2D eigenvalue weighted by molar-refractivity contribution is -0.142. The van der Waals surface area contributed by atoms with Crippen LogP contribution >= 0.6 is 11.3 Å². The van der Waals surface area contributed by atoms with Crippen molar-refractivity contribution in [2.75, 3.05) is 5.32 Å². The summed E-state index contributed by atoms with van der Waals surface area (Å²) in [5.41, 5.74) is 2.98. The number of alkyl halides is 5. The Morgan fingerprint density at radius 2 is 1.77 bits per heavy atom. The van der Waals surface area contributed by atoms with Crippen molar-refractivity contribution in [3.05, 3.63) is 75.8 Å². The Morgan fingerprint density at radius 1 is 1.08 bits per heavy atom. The highest BCUT2D eigenvalue weighted by molar-refractivity contribution is 7.21. The number of hydrogen-bond donors (Lipinski definition) is 2. The van der Waals surface area contributed by atoms with Gasteiger partial charge in [0.25, 0.3) is 18.2 Å². The van der Waals surface area contributed by atoms with Crippen molar-refractivity contribution in [2.24, 2.45) is 5.73 Å². The molecule has 0 spiro atoms. The van der Waals surface area contributed by atoms with Crippen molar-refractivity contribution in [2.45, 2.75) is 19.5 Å². The number of aryl methyl sites for hydroxylation is 1. The molecule has 0 atom stereocenters. The Morgan fingerprint density at radius 3 is 2.38 bits per heavy atom. The third-order valence-corrected chi connectivity index (χ3v) is 6.75. The summed E-state index contributed by atoms with van der Waals surface area (Å²) in [4.78, 5) is 32.9. The van der Waals surface area contributed by atoms with Gasteiger partial charge in [-0.25, -0.2) is 27.7 Å². The zero-order valence-corrected chi connectivity index (χ0v) is 20.3. The highest BCUT2D eigenvalue weighted by Crippen LogP contribution is 2.39.